The summed E-state index contributed by atoms with van der Waals surface area (Å²) >= 11 is 0. The molecule has 1 aromatic heterocycles. The summed E-state index contributed by atoms with van der Waals surface area (Å²) in [5, 5.41) is 12.3. The van der Waals surface area contributed by atoms with Crippen LogP contribution in [0.15, 0.2) is 6.33 Å². The quantitative estimate of drug-likeness (QED) is 0.786. The van der Waals surface area contributed by atoms with Gasteiger partial charge < -0.3 is 10.4 Å². The van der Waals surface area contributed by atoms with Gasteiger partial charge in [-0.1, -0.05) is 6.42 Å². The Bertz CT molecular complexity index is 381. The van der Waals surface area contributed by atoms with E-state index in [9.17, 15) is 0 Å². The number of anilines is 1. The van der Waals surface area contributed by atoms with Crippen molar-refractivity contribution in [1.82, 2.24) is 9.97 Å². The average Bonchev–Trinajstić information content (AvgIpc) is 2.62. The molecule has 1 aliphatic carbocycles. The lowest BCUT2D eigenvalue weighted by atomic mass is 10.1. The summed E-state index contributed by atoms with van der Waals surface area (Å²) in [5.74, 6) is 1.01. The summed E-state index contributed by atoms with van der Waals surface area (Å²) in [5.41, 5.74) is 2.53. The maximum atomic E-state index is 8.86. The minimum absolute atomic E-state index is 0.258. The molecule has 0 spiro atoms. The topological polar surface area (TPSA) is 58.0 Å². The first-order chi connectivity index (χ1) is 8.81. The highest BCUT2D eigenvalue weighted by molar-refractivity contribution is 5.47. The van der Waals surface area contributed by atoms with Gasteiger partial charge in [0.15, 0.2) is 0 Å². The summed E-state index contributed by atoms with van der Waals surface area (Å²) in [6, 6.07) is 0.347. The van der Waals surface area contributed by atoms with Gasteiger partial charge in [-0.15, -0.1) is 0 Å². The highest BCUT2D eigenvalue weighted by atomic mass is 16.2. The third kappa shape index (κ3) is 3.42. The van der Waals surface area contributed by atoms with E-state index < -0.39 is 0 Å². The van der Waals surface area contributed by atoms with Gasteiger partial charge in [-0.05, 0) is 45.4 Å². The predicted molar refractivity (Wildman–Crippen MR) is 72.7 cm³/mol. The monoisotopic (exact) mass is 249 g/mol. The summed E-state index contributed by atoms with van der Waals surface area (Å²) in [6.45, 7) is 2.40. The van der Waals surface area contributed by atoms with E-state index in [2.05, 4.69) is 22.2 Å². The summed E-state index contributed by atoms with van der Waals surface area (Å²) in [7, 11) is 0. The molecule has 0 bridgehead atoms. The molecule has 1 atom stereocenters. The standard InChI is InChI=1S/C14H23N3O/c1-11(6-5-9-18)17-14-12-7-3-2-4-8-13(12)15-10-16-14/h10-11,18H,2-9H2,1H3,(H,15,16,17). The van der Waals surface area contributed by atoms with Crippen LogP contribution in [-0.2, 0) is 12.8 Å². The van der Waals surface area contributed by atoms with Crippen LogP contribution in [0.2, 0.25) is 0 Å². The molecule has 1 aliphatic rings. The van der Waals surface area contributed by atoms with Crippen LogP contribution in [0.5, 0.6) is 0 Å². The largest absolute Gasteiger partial charge is 0.396 e. The molecule has 0 radical (unpaired) electrons. The van der Waals surface area contributed by atoms with Crippen molar-refractivity contribution in [3.8, 4) is 0 Å². The van der Waals surface area contributed by atoms with Crippen molar-refractivity contribution >= 4 is 5.82 Å². The number of aliphatic hydroxyl groups is 1. The van der Waals surface area contributed by atoms with Crippen LogP contribution in [0.3, 0.4) is 0 Å². The Morgan fingerprint density at radius 2 is 2.11 bits per heavy atom. The molecule has 0 saturated carbocycles. The Balaban J connectivity index is 2.08. The van der Waals surface area contributed by atoms with Crippen molar-refractivity contribution in [3.63, 3.8) is 0 Å². The molecule has 100 valence electrons. The number of fused-ring (bicyclic) bond motifs is 1. The minimum atomic E-state index is 0.258. The highest BCUT2D eigenvalue weighted by Crippen LogP contribution is 2.24. The Labute approximate surface area is 109 Å². The van der Waals surface area contributed by atoms with Crippen LogP contribution >= 0.6 is 0 Å². The zero-order valence-electron chi connectivity index (χ0n) is 11.2. The van der Waals surface area contributed by atoms with E-state index in [-0.39, 0.29) is 6.61 Å². The Morgan fingerprint density at radius 1 is 1.28 bits per heavy atom. The molecule has 0 amide bonds. The zero-order chi connectivity index (χ0) is 12.8. The van der Waals surface area contributed by atoms with E-state index in [1.807, 2.05) is 0 Å². The summed E-state index contributed by atoms with van der Waals surface area (Å²) < 4.78 is 0. The molecule has 0 aromatic carbocycles. The second kappa shape index (κ2) is 6.69. The lowest BCUT2D eigenvalue weighted by Gasteiger charge is -2.17. The Kier molecular flexibility index (Phi) is 4.93. The normalized spacial score (nSPS) is 16.8. The predicted octanol–water partition coefficient (Wildman–Crippen LogP) is 2.32. The van der Waals surface area contributed by atoms with E-state index in [0.717, 1.165) is 31.5 Å². The lowest BCUT2D eigenvalue weighted by molar-refractivity contribution is 0.282. The second-order valence-electron chi connectivity index (χ2n) is 5.12. The van der Waals surface area contributed by atoms with Crippen molar-refractivity contribution < 1.29 is 5.11 Å². The smallest absolute Gasteiger partial charge is 0.133 e. The Hall–Kier alpha value is -1.16. The van der Waals surface area contributed by atoms with E-state index in [4.69, 9.17) is 5.11 Å². The number of aromatic nitrogens is 2. The first-order valence-electron chi connectivity index (χ1n) is 7.01. The van der Waals surface area contributed by atoms with Crippen molar-refractivity contribution in [2.45, 2.75) is 57.9 Å². The van der Waals surface area contributed by atoms with Crippen molar-refractivity contribution in [2.75, 3.05) is 11.9 Å². The average molecular weight is 249 g/mol. The van der Waals surface area contributed by atoms with E-state index in [1.54, 1.807) is 6.33 Å². The third-order valence-electron chi connectivity index (χ3n) is 3.55. The van der Waals surface area contributed by atoms with Gasteiger partial charge in [0.1, 0.15) is 12.1 Å². The maximum Gasteiger partial charge on any atom is 0.133 e. The minimum Gasteiger partial charge on any atom is -0.396 e. The molecule has 1 heterocycles. The lowest BCUT2D eigenvalue weighted by Crippen LogP contribution is -2.18. The maximum absolute atomic E-state index is 8.86. The van der Waals surface area contributed by atoms with Crippen LogP contribution in [0.25, 0.3) is 0 Å². The summed E-state index contributed by atoms with van der Waals surface area (Å²) in [4.78, 5) is 8.82. The van der Waals surface area contributed by atoms with Gasteiger partial charge in [-0.3, -0.25) is 0 Å². The van der Waals surface area contributed by atoms with Gasteiger partial charge in [-0.25, -0.2) is 9.97 Å². The van der Waals surface area contributed by atoms with Crippen LogP contribution in [0.4, 0.5) is 5.82 Å². The molecular formula is C14H23N3O. The van der Waals surface area contributed by atoms with Gasteiger partial charge in [0.25, 0.3) is 0 Å². The highest BCUT2D eigenvalue weighted by Gasteiger charge is 2.15. The fraction of sp³-hybridized carbons (Fsp3) is 0.714. The molecule has 0 fully saturated rings. The van der Waals surface area contributed by atoms with Crippen LogP contribution in [0, 0.1) is 0 Å². The summed E-state index contributed by atoms with van der Waals surface area (Å²) in [6.07, 6.45) is 9.41. The SMILES string of the molecule is CC(CCCO)Nc1ncnc2c1CCCCC2. The van der Waals surface area contributed by atoms with Crippen LogP contribution in [0.1, 0.15) is 50.3 Å². The fourth-order valence-electron chi connectivity index (χ4n) is 2.53. The van der Waals surface area contributed by atoms with Gasteiger partial charge in [0, 0.05) is 23.9 Å². The number of aryl methyl sites for hydroxylation is 1. The van der Waals surface area contributed by atoms with Crippen LogP contribution < -0.4 is 5.32 Å². The Morgan fingerprint density at radius 3 is 2.94 bits per heavy atom. The molecule has 4 heteroatoms. The van der Waals surface area contributed by atoms with Gasteiger partial charge in [0.2, 0.25) is 0 Å². The first-order valence-corrected chi connectivity index (χ1v) is 7.01. The number of hydrogen-bond donors (Lipinski definition) is 2. The molecular weight excluding hydrogens is 226 g/mol. The van der Waals surface area contributed by atoms with E-state index in [0.29, 0.717) is 6.04 Å². The molecule has 0 aliphatic heterocycles. The molecule has 0 saturated heterocycles. The van der Waals surface area contributed by atoms with E-state index >= 15 is 0 Å². The zero-order valence-corrected chi connectivity index (χ0v) is 11.2. The van der Waals surface area contributed by atoms with Crippen molar-refractivity contribution in [3.05, 3.63) is 17.6 Å². The first kappa shape index (κ1) is 13.3. The van der Waals surface area contributed by atoms with Crippen molar-refractivity contribution in [2.24, 2.45) is 0 Å². The van der Waals surface area contributed by atoms with E-state index in [1.165, 1.54) is 30.5 Å². The van der Waals surface area contributed by atoms with Crippen LogP contribution in [-0.4, -0.2) is 27.7 Å². The van der Waals surface area contributed by atoms with Gasteiger partial charge in [0.05, 0.1) is 0 Å². The fourth-order valence-corrected chi connectivity index (χ4v) is 2.53. The molecule has 2 rings (SSSR count). The van der Waals surface area contributed by atoms with Gasteiger partial charge in [-0.2, -0.15) is 0 Å². The molecule has 1 aromatic rings. The molecule has 4 nitrogen and oxygen atoms in total. The van der Waals surface area contributed by atoms with Gasteiger partial charge >= 0.3 is 0 Å². The number of nitrogens with one attached hydrogen (secondary N) is 1. The molecule has 2 N–H and O–H groups in total. The number of nitrogens with zero attached hydrogens (tertiary/aromatic N) is 2. The number of rotatable bonds is 5. The molecule has 18 heavy (non-hydrogen) atoms. The van der Waals surface area contributed by atoms with Crippen molar-refractivity contribution in [1.29, 1.82) is 0 Å². The second-order valence-corrected chi connectivity index (χ2v) is 5.12. The number of hydrogen-bond acceptors (Lipinski definition) is 4. The molecule has 1 unspecified atom stereocenters. The number of aliphatic hydroxyl groups excluding tert-OH is 1. The third-order valence-corrected chi connectivity index (χ3v) is 3.55.